The third-order valence-electron chi connectivity index (χ3n) is 4.57. The van der Waals surface area contributed by atoms with Crippen LogP contribution in [0.15, 0.2) is 45.6 Å². The second-order valence-corrected chi connectivity index (χ2v) is 6.55. The molecule has 1 heterocycles. The Kier molecular flexibility index (Phi) is 5.07. The molecule has 7 heteroatoms. The van der Waals surface area contributed by atoms with Crippen molar-refractivity contribution in [1.29, 1.82) is 0 Å². The van der Waals surface area contributed by atoms with E-state index in [-0.39, 0.29) is 46.8 Å². The van der Waals surface area contributed by atoms with E-state index in [1.807, 2.05) is 0 Å². The lowest BCUT2D eigenvalue weighted by atomic mass is 9.96. The highest BCUT2D eigenvalue weighted by atomic mass is 16.3. The summed E-state index contributed by atoms with van der Waals surface area (Å²) in [5.74, 6) is -0.972. The number of rotatable bonds is 5. The van der Waals surface area contributed by atoms with Gasteiger partial charge in [0.25, 0.3) is 0 Å². The minimum atomic E-state index is -0.990. The Bertz CT molecular complexity index is 1020. The lowest BCUT2D eigenvalue weighted by molar-refractivity contribution is 0.0771. The molecule has 0 saturated carbocycles. The first-order chi connectivity index (χ1) is 12.8. The van der Waals surface area contributed by atoms with Gasteiger partial charge in [0.05, 0.1) is 6.10 Å². The van der Waals surface area contributed by atoms with E-state index in [9.17, 15) is 30.3 Å². The van der Waals surface area contributed by atoms with Crippen LogP contribution in [0.1, 0.15) is 12.5 Å². The average molecular weight is 372 g/mol. The molecule has 142 valence electrons. The first kappa shape index (κ1) is 18.8. The molecule has 0 bridgehead atoms. The van der Waals surface area contributed by atoms with Crippen LogP contribution in [0, 0.1) is 5.92 Å². The SMILES string of the molecule is CC(CO)[C@@H](O)Cc1c(O)cc(O)c2c(=O)cc(-c3ccc(O)cc3)oc12. The Hall–Kier alpha value is -3.03. The Morgan fingerprint density at radius 1 is 1.04 bits per heavy atom. The van der Waals surface area contributed by atoms with Crippen LogP contribution in [0.5, 0.6) is 17.2 Å². The van der Waals surface area contributed by atoms with Crippen molar-refractivity contribution in [3.8, 4) is 28.6 Å². The van der Waals surface area contributed by atoms with E-state index in [0.717, 1.165) is 6.07 Å². The van der Waals surface area contributed by atoms with Crippen LogP contribution in [0.3, 0.4) is 0 Å². The minimum absolute atomic E-state index is 0.0349. The van der Waals surface area contributed by atoms with Crippen molar-refractivity contribution in [3.63, 3.8) is 0 Å². The van der Waals surface area contributed by atoms with Crippen LogP contribution in [0.4, 0.5) is 0 Å². The topological polar surface area (TPSA) is 131 Å². The van der Waals surface area contributed by atoms with Crippen molar-refractivity contribution in [2.24, 2.45) is 5.92 Å². The Morgan fingerprint density at radius 2 is 1.70 bits per heavy atom. The molecule has 3 aromatic rings. The normalized spacial score (nSPS) is 13.6. The average Bonchev–Trinajstić information content (AvgIpc) is 2.64. The van der Waals surface area contributed by atoms with Crippen LogP contribution in [-0.4, -0.2) is 38.2 Å². The van der Waals surface area contributed by atoms with Gasteiger partial charge in [0, 0.05) is 42.2 Å². The van der Waals surface area contributed by atoms with E-state index < -0.39 is 23.2 Å². The molecule has 0 radical (unpaired) electrons. The van der Waals surface area contributed by atoms with E-state index in [4.69, 9.17) is 4.42 Å². The number of aliphatic hydroxyl groups excluding tert-OH is 2. The number of benzene rings is 2. The Morgan fingerprint density at radius 3 is 2.33 bits per heavy atom. The predicted octanol–water partition coefficient (Wildman–Crippen LogP) is 2.11. The zero-order chi connectivity index (χ0) is 19.7. The molecule has 2 aromatic carbocycles. The number of phenols is 3. The van der Waals surface area contributed by atoms with E-state index in [1.165, 1.54) is 18.2 Å². The van der Waals surface area contributed by atoms with Gasteiger partial charge in [-0.1, -0.05) is 6.92 Å². The summed E-state index contributed by atoms with van der Waals surface area (Å²) in [7, 11) is 0. The fraction of sp³-hybridized carbons (Fsp3) is 0.250. The van der Waals surface area contributed by atoms with E-state index in [1.54, 1.807) is 19.1 Å². The van der Waals surface area contributed by atoms with Crippen molar-refractivity contribution in [1.82, 2.24) is 0 Å². The molecule has 3 rings (SSSR count). The summed E-state index contributed by atoms with van der Waals surface area (Å²) in [6.45, 7) is 1.39. The first-order valence-electron chi connectivity index (χ1n) is 8.41. The quantitative estimate of drug-likeness (QED) is 0.463. The summed E-state index contributed by atoms with van der Waals surface area (Å²) in [5, 5.41) is 49.1. The molecule has 1 unspecified atom stereocenters. The molecule has 0 fully saturated rings. The van der Waals surface area contributed by atoms with Crippen molar-refractivity contribution < 1.29 is 29.9 Å². The van der Waals surface area contributed by atoms with Gasteiger partial charge in [-0.15, -0.1) is 0 Å². The Balaban J connectivity index is 2.22. The molecular weight excluding hydrogens is 352 g/mol. The van der Waals surface area contributed by atoms with Crippen molar-refractivity contribution >= 4 is 11.0 Å². The maximum atomic E-state index is 12.5. The van der Waals surface area contributed by atoms with Crippen LogP contribution < -0.4 is 5.43 Å². The zero-order valence-corrected chi connectivity index (χ0v) is 14.6. The van der Waals surface area contributed by atoms with Gasteiger partial charge in [0.1, 0.15) is 34.0 Å². The summed E-state index contributed by atoms with van der Waals surface area (Å²) in [6.07, 6.45) is -1.07. The minimum Gasteiger partial charge on any atom is -0.508 e. The van der Waals surface area contributed by atoms with E-state index in [2.05, 4.69) is 0 Å². The summed E-state index contributed by atoms with van der Waals surface area (Å²) in [6, 6.07) is 8.24. The number of fused-ring (bicyclic) bond motifs is 1. The molecule has 1 aromatic heterocycles. The summed E-state index contributed by atoms with van der Waals surface area (Å²) < 4.78 is 5.80. The van der Waals surface area contributed by atoms with Gasteiger partial charge >= 0.3 is 0 Å². The van der Waals surface area contributed by atoms with Gasteiger partial charge < -0.3 is 29.9 Å². The molecule has 7 nitrogen and oxygen atoms in total. The summed E-state index contributed by atoms with van der Waals surface area (Å²) in [4.78, 5) is 12.5. The number of hydrogen-bond acceptors (Lipinski definition) is 7. The highest BCUT2D eigenvalue weighted by Crippen LogP contribution is 2.36. The van der Waals surface area contributed by atoms with Crippen LogP contribution in [0.2, 0.25) is 0 Å². The second kappa shape index (κ2) is 7.30. The smallest absolute Gasteiger partial charge is 0.197 e. The van der Waals surface area contributed by atoms with Gasteiger partial charge in [0.15, 0.2) is 5.43 Å². The van der Waals surface area contributed by atoms with Gasteiger partial charge in [-0.25, -0.2) is 0 Å². The lowest BCUT2D eigenvalue weighted by Crippen LogP contribution is -2.23. The second-order valence-electron chi connectivity index (χ2n) is 6.55. The highest BCUT2D eigenvalue weighted by molar-refractivity contribution is 5.89. The van der Waals surface area contributed by atoms with Gasteiger partial charge in [-0.3, -0.25) is 4.79 Å². The number of aliphatic hydroxyl groups is 2. The molecule has 2 atom stereocenters. The van der Waals surface area contributed by atoms with Crippen LogP contribution in [0.25, 0.3) is 22.3 Å². The highest BCUT2D eigenvalue weighted by Gasteiger charge is 2.22. The van der Waals surface area contributed by atoms with Crippen LogP contribution >= 0.6 is 0 Å². The predicted molar refractivity (Wildman–Crippen MR) is 98.9 cm³/mol. The van der Waals surface area contributed by atoms with E-state index in [0.29, 0.717) is 5.56 Å². The molecule has 27 heavy (non-hydrogen) atoms. The Labute approximate surface area is 154 Å². The molecule has 0 aliphatic carbocycles. The molecule has 5 N–H and O–H groups in total. The van der Waals surface area contributed by atoms with Gasteiger partial charge in [-0.2, -0.15) is 0 Å². The monoisotopic (exact) mass is 372 g/mol. The summed E-state index contributed by atoms with van der Waals surface area (Å²) >= 11 is 0. The fourth-order valence-corrected chi connectivity index (χ4v) is 2.85. The largest absolute Gasteiger partial charge is 0.508 e. The van der Waals surface area contributed by atoms with Gasteiger partial charge in [0.2, 0.25) is 0 Å². The van der Waals surface area contributed by atoms with Crippen molar-refractivity contribution in [2.75, 3.05) is 6.61 Å². The maximum Gasteiger partial charge on any atom is 0.197 e. The number of phenolic OH excluding ortho intramolecular Hbond substituents is 3. The third kappa shape index (κ3) is 3.60. The van der Waals surface area contributed by atoms with E-state index >= 15 is 0 Å². The molecule has 0 amide bonds. The fourth-order valence-electron chi connectivity index (χ4n) is 2.85. The molecule has 0 aliphatic rings. The lowest BCUT2D eigenvalue weighted by Gasteiger charge is -2.18. The van der Waals surface area contributed by atoms with Crippen LogP contribution in [-0.2, 0) is 6.42 Å². The number of hydrogen-bond donors (Lipinski definition) is 5. The number of aromatic hydroxyl groups is 3. The van der Waals surface area contributed by atoms with Gasteiger partial charge in [-0.05, 0) is 24.3 Å². The summed E-state index contributed by atoms with van der Waals surface area (Å²) in [5.41, 5.74) is 0.133. The molecule has 0 aliphatic heterocycles. The maximum absolute atomic E-state index is 12.5. The van der Waals surface area contributed by atoms with Crippen molar-refractivity contribution in [2.45, 2.75) is 19.4 Å². The molecule has 0 spiro atoms. The zero-order valence-electron chi connectivity index (χ0n) is 14.6. The molecule has 0 saturated heterocycles. The molecular formula is C20H20O7. The first-order valence-corrected chi connectivity index (χ1v) is 8.41. The third-order valence-corrected chi connectivity index (χ3v) is 4.57. The standard InChI is InChI=1S/C20H20O7/c1-10(9-21)14(23)6-13-15(24)7-16(25)19-17(26)8-18(27-20(13)19)11-2-4-12(22)5-3-11/h2-5,7-8,10,14,21-25H,6,9H2,1H3/t10?,14-/m0/s1. The van der Waals surface area contributed by atoms with Crippen molar-refractivity contribution in [3.05, 3.63) is 52.2 Å².